The van der Waals surface area contributed by atoms with Crippen molar-refractivity contribution in [1.29, 1.82) is 0 Å². The third kappa shape index (κ3) is 45.3. The smallest absolute Gasteiger partial charge is 0.306 e. The first-order chi connectivity index (χ1) is 27.2. The molecule has 1 atom stereocenters. The SMILES string of the molecule is CC/C=C\C/C=C\C/C=C\C/C=C\C/C=C\C/C=C\CCCCCCCCC(=O)OC(CO)COCCCCCCCCCC/C=C\C/C=C\C/C=C\CC. The summed E-state index contributed by atoms with van der Waals surface area (Å²) in [4.78, 5) is 12.2. The number of carbonyl (C=O) groups excluding carboxylic acids is 1. The first-order valence-corrected chi connectivity index (χ1v) is 22.5. The third-order valence-corrected chi connectivity index (χ3v) is 9.09. The number of hydrogen-bond donors (Lipinski definition) is 1. The van der Waals surface area contributed by atoms with Gasteiger partial charge in [0.05, 0.1) is 13.2 Å². The third-order valence-electron chi connectivity index (χ3n) is 9.09. The van der Waals surface area contributed by atoms with Crippen molar-refractivity contribution in [3.63, 3.8) is 0 Å². The van der Waals surface area contributed by atoms with Crippen molar-refractivity contribution < 1.29 is 19.4 Å². The van der Waals surface area contributed by atoms with E-state index in [-0.39, 0.29) is 19.2 Å². The molecule has 0 aromatic carbocycles. The molecule has 0 aromatic heterocycles. The van der Waals surface area contributed by atoms with E-state index in [1.54, 1.807) is 0 Å². The molecule has 0 heterocycles. The zero-order chi connectivity index (χ0) is 39.8. The monoisotopic (exact) mass is 761 g/mol. The molecular formula is C51H84O4. The number of hydrogen-bond acceptors (Lipinski definition) is 4. The summed E-state index contributed by atoms with van der Waals surface area (Å²) < 4.78 is 11.2. The molecule has 0 saturated heterocycles. The summed E-state index contributed by atoms with van der Waals surface area (Å²) in [6.07, 6.45) is 68.6. The van der Waals surface area contributed by atoms with E-state index in [0.29, 0.717) is 13.0 Å². The van der Waals surface area contributed by atoms with Gasteiger partial charge in [-0.25, -0.2) is 0 Å². The Morgan fingerprint density at radius 2 is 0.764 bits per heavy atom. The fourth-order valence-corrected chi connectivity index (χ4v) is 5.82. The van der Waals surface area contributed by atoms with Crippen LogP contribution in [-0.2, 0) is 14.3 Å². The van der Waals surface area contributed by atoms with Gasteiger partial charge in [-0.2, -0.15) is 0 Å². The zero-order valence-corrected chi connectivity index (χ0v) is 35.6. The van der Waals surface area contributed by atoms with E-state index in [4.69, 9.17) is 9.47 Å². The topological polar surface area (TPSA) is 55.8 Å². The van der Waals surface area contributed by atoms with Gasteiger partial charge in [0.25, 0.3) is 0 Å². The second kappa shape index (κ2) is 47.2. The highest BCUT2D eigenvalue weighted by molar-refractivity contribution is 5.69. The highest BCUT2D eigenvalue weighted by atomic mass is 16.6. The summed E-state index contributed by atoms with van der Waals surface area (Å²) in [5, 5.41) is 9.62. The minimum Gasteiger partial charge on any atom is -0.457 e. The van der Waals surface area contributed by atoms with Gasteiger partial charge in [0, 0.05) is 13.0 Å². The van der Waals surface area contributed by atoms with Crippen molar-refractivity contribution in [2.45, 2.75) is 187 Å². The second-order valence-corrected chi connectivity index (χ2v) is 14.4. The van der Waals surface area contributed by atoms with Gasteiger partial charge in [-0.05, 0) is 96.3 Å². The number of carbonyl (C=O) groups is 1. The summed E-state index contributed by atoms with van der Waals surface area (Å²) in [5.74, 6) is -0.223. The Bertz CT molecular complexity index is 1070. The van der Waals surface area contributed by atoms with E-state index in [2.05, 4.69) is 123 Å². The molecule has 4 heteroatoms. The van der Waals surface area contributed by atoms with E-state index in [1.165, 1.54) is 64.2 Å². The molecule has 0 bridgehead atoms. The van der Waals surface area contributed by atoms with Gasteiger partial charge in [-0.15, -0.1) is 0 Å². The predicted octanol–water partition coefficient (Wildman–Crippen LogP) is 15.1. The first-order valence-electron chi connectivity index (χ1n) is 22.5. The highest BCUT2D eigenvalue weighted by Gasteiger charge is 2.13. The molecule has 0 radical (unpaired) electrons. The molecule has 0 spiro atoms. The average molecular weight is 761 g/mol. The Labute approximate surface area is 340 Å². The molecule has 0 amide bonds. The lowest BCUT2D eigenvalue weighted by molar-refractivity contribution is -0.154. The van der Waals surface area contributed by atoms with Crippen LogP contribution in [0.4, 0.5) is 0 Å². The van der Waals surface area contributed by atoms with Crippen molar-refractivity contribution >= 4 is 5.97 Å². The number of unbranched alkanes of at least 4 members (excludes halogenated alkanes) is 14. The van der Waals surface area contributed by atoms with Crippen LogP contribution in [0.25, 0.3) is 0 Å². The maximum absolute atomic E-state index is 12.2. The second-order valence-electron chi connectivity index (χ2n) is 14.4. The molecule has 1 unspecified atom stereocenters. The summed E-state index contributed by atoms with van der Waals surface area (Å²) in [5.41, 5.74) is 0. The van der Waals surface area contributed by atoms with E-state index in [9.17, 15) is 9.90 Å². The highest BCUT2D eigenvalue weighted by Crippen LogP contribution is 2.12. The van der Waals surface area contributed by atoms with Crippen LogP contribution >= 0.6 is 0 Å². The minimum absolute atomic E-state index is 0.188. The molecule has 0 aliphatic carbocycles. The van der Waals surface area contributed by atoms with Crippen LogP contribution in [0.5, 0.6) is 0 Å². The summed E-state index contributed by atoms with van der Waals surface area (Å²) in [6, 6.07) is 0. The van der Waals surface area contributed by atoms with Gasteiger partial charge in [0.2, 0.25) is 0 Å². The molecule has 0 aromatic rings. The molecule has 0 aliphatic heterocycles. The lowest BCUT2D eigenvalue weighted by atomic mass is 10.1. The van der Waals surface area contributed by atoms with Gasteiger partial charge in [0.1, 0.15) is 6.10 Å². The number of esters is 1. The minimum atomic E-state index is -0.555. The number of ether oxygens (including phenoxy) is 2. The van der Waals surface area contributed by atoms with Gasteiger partial charge >= 0.3 is 5.97 Å². The summed E-state index contributed by atoms with van der Waals surface area (Å²) in [7, 11) is 0. The molecule has 0 saturated carbocycles. The van der Waals surface area contributed by atoms with E-state index >= 15 is 0 Å². The molecule has 1 N–H and O–H groups in total. The van der Waals surface area contributed by atoms with Crippen LogP contribution < -0.4 is 0 Å². The number of rotatable bonds is 40. The van der Waals surface area contributed by atoms with Crippen LogP contribution in [-0.4, -0.2) is 37.0 Å². The predicted molar refractivity (Wildman–Crippen MR) is 241 cm³/mol. The Kier molecular flexibility index (Phi) is 44.7. The Morgan fingerprint density at radius 1 is 0.436 bits per heavy atom. The fourth-order valence-electron chi connectivity index (χ4n) is 5.82. The van der Waals surface area contributed by atoms with E-state index in [1.807, 2.05) is 0 Å². The van der Waals surface area contributed by atoms with Crippen LogP contribution in [0, 0.1) is 0 Å². The van der Waals surface area contributed by atoms with E-state index < -0.39 is 6.10 Å². The Balaban J connectivity index is 3.54. The lowest BCUT2D eigenvalue weighted by Gasteiger charge is -2.15. The van der Waals surface area contributed by atoms with E-state index in [0.717, 1.165) is 96.3 Å². The van der Waals surface area contributed by atoms with Crippen molar-refractivity contribution in [1.82, 2.24) is 0 Å². The van der Waals surface area contributed by atoms with Crippen molar-refractivity contribution in [3.8, 4) is 0 Å². The molecule has 0 rings (SSSR count). The lowest BCUT2D eigenvalue weighted by Crippen LogP contribution is -2.27. The van der Waals surface area contributed by atoms with Crippen molar-refractivity contribution in [2.24, 2.45) is 0 Å². The molecule has 0 aliphatic rings. The van der Waals surface area contributed by atoms with Crippen LogP contribution in [0.2, 0.25) is 0 Å². The Morgan fingerprint density at radius 3 is 1.15 bits per heavy atom. The Hall–Kier alpha value is -2.95. The average Bonchev–Trinajstić information content (AvgIpc) is 3.19. The van der Waals surface area contributed by atoms with Crippen LogP contribution in [0.3, 0.4) is 0 Å². The maximum atomic E-state index is 12.2. The number of aliphatic hydroxyl groups is 1. The quantitative estimate of drug-likeness (QED) is 0.0384. The molecular weight excluding hydrogens is 677 g/mol. The van der Waals surface area contributed by atoms with Gasteiger partial charge < -0.3 is 14.6 Å². The number of aliphatic hydroxyl groups excluding tert-OH is 1. The zero-order valence-electron chi connectivity index (χ0n) is 35.6. The first kappa shape index (κ1) is 52.1. The normalized spacial score (nSPS) is 13.4. The molecule has 55 heavy (non-hydrogen) atoms. The maximum Gasteiger partial charge on any atom is 0.306 e. The summed E-state index contributed by atoms with van der Waals surface area (Å²) >= 11 is 0. The largest absolute Gasteiger partial charge is 0.457 e. The summed E-state index contributed by atoms with van der Waals surface area (Å²) in [6.45, 7) is 5.08. The fraction of sp³-hybridized carbons (Fsp3) is 0.627. The van der Waals surface area contributed by atoms with Gasteiger partial charge in [-0.3, -0.25) is 4.79 Å². The van der Waals surface area contributed by atoms with Crippen molar-refractivity contribution in [3.05, 3.63) is 109 Å². The standard InChI is InChI=1S/C51H84O4/c1-3-5-7-9-11-13-15-17-19-21-23-24-25-26-27-28-29-30-32-34-36-38-40-42-44-46-51(53)55-50(48-52)49-54-47-45-43-41-39-37-35-33-31-22-20-18-16-14-12-10-8-6-4-2/h5-8,11-14,17-20,23-24,26-27,29-30,50,52H,3-4,9-10,15-16,21-22,25,28,31-49H2,1-2H3/b7-5-,8-6-,13-11-,14-12-,19-17-,20-18-,24-23-,27-26-,30-29-. The molecule has 0 fully saturated rings. The van der Waals surface area contributed by atoms with Crippen LogP contribution in [0.15, 0.2) is 109 Å². The molecule has 4 nitrogen and oxygen atoms in total. The van der Waals surface area contributed by atoms with Gasteiger partial charge in [0.15, 0.2) is 0 Å². The van der Waals surface area contributed by atoms with Gasteiger partial charge in [-0.1, -0.05) is 187 Å². The van der Waals surface area contributed by atoms with Crippen molar-refractivity contribution in [2.75, 3.05) is 19.8 Å². The molecule has 312 valence electrons. The van der Waals surface area contributed by atoms with Crippen LogP contribution in [0.1, 0.15) is 181 Å². The number of allylic oxidation sites excluding steroid dienone is 18.